The van der Waals surface area contributed by atoms with Gasteiger partial charge in [0.1, 0.15) is 0 Å². The topological polar surface area (TPSA) is 32.5 Å². The Bertz CT molecular complexity index is 479. The van der Waals surface area contributed by atoms with E-state index in [0.717, 1.165) is 41.2 Å². The van der Waals surface area contributed by atoms with E-state index in [2.05, 4.69) is 52.6 Å². The van der Waals surface area contributed by atoms with Gasteiger partial charge in [0.25, 0.3) is 0 Å². The van der Waals surface area contributed by atoms with E-state index in [1.807, 2.05) is 12.1 Å². The summed E-state index contributed by atoms with van der Waals surface area (Å²) in [6.45, 7) is 11.6. The van der Waals surface area contributed by atoms with Gasteiger partial charge >= 0.3 is 0 Å². The van der Waals surface area contributed by atoms with E-state index in [4.69, 9.17) is 17.3 Å². The van der Waals surface area contributed by atoms with E-state index in [1.165, 1.54) is 0 Å². The molecule has 1 atom stereocenters. The Morgan fingerprint density at radius 1 is 1.24 bits per heavy atom. The standard InChI is InChI=1S/C16H25BrClN3/c1-16(2,3)21-8-6-20(7-9-21)15(11-19)13-5-4-12(17)10-14(13)18/h4-5,10,15H,6-9,11,19H2,1-3H3. The van der Waals surface area contributed by atoms with Crippen LogP contribution in [-0.2, 0) is 0 Å². The van der Waals surface area contributed by atoms with Crippen LogP contribution in [0, 0.1) is 0 Å². The van der Waals surface area contributed by atoms with Crippen molar-refractivity contribution in [2.45, 2.75) is 32.4 Å². The van der Waals surface area contributed by atoms with Crippen LogP contribution in [0.3, 0.4) is 0 Å². The molecule has 1 aliphatic rings. The first kappa shape index (κ1) is 17.2. The number of benzene rings is 1. The summed E-state index contributed by atoms with van der Waals surface area (Å²) in [5.74, 6) is 0. The molecule has 2 rings (SSSR count). The SMILES string of the molecule is CC(C)(C)N1CCN(C(CN)c2ccc(Br)cc2Cl)CC1. The minimum Gasteiger partial charge on any atom is -0.329 e. The van der Waals surface area contributed by atoms with Gasteiger partial charge in [-0.25, -0.2) is 0 Å². The van der Waals surface area contributed by atoms with Crippen LogP contribution in [0.4, 0.5) is 0 Å². The predicted octanol–water partition coefficient (Wildman–Crippen LogP) is 3.52. The summed E-state index contributed by atoms with van der Waals surface area (Å²) in [5.41, 5.74) is 7.40. The average Bonchev–Trinajstić information content (AvgIpc) is 2.41. The van der Waals surface area contributed by atoms with Crippen LogP contribution in [0.5, 0.6) is 0 Å². The lowest BCUT2D eigenvalue weighted by molar-refractivity contribution is 0.0434. The van der Waals surface area contributed by atoms with Gasteiger partial charge in [0.15, 0.2) is 0 Å². The van der Waals surface area contributed by atoms with Gasteiger partial charge < -0.3 is 5.73 Å². The van der Waals surface area contributed by atoms with Gasteiger partial charge in [0.05, 0.1) is 0 Å². The van der Waals surface area contributed by atoms with Crippen LogP contribution in [0.2, 0.25) is 5.02 Å². The van der Waals surface area contributed by atoms with Crippen LogP contribution >= 0.6 is 27.5 Å². The Morgan fingerprint density at radius 3 is 2.33 bits per heavy atom. The second kappa shape index (κ2) is 6.97. The highest BCUT2D eigenvalue weighted by Gasteiger charge is 2.29. The second-order valence-corrected chi connectivity index (χ2v) is 7.93. The number of halogens is 2. The van der Waals surface area contributed by atoms with E-state index in [-0.39, 0.29) is 11.6 Å². The van der Waals surface area contributed by atoms with Crippen LogP contribution in [0.25, 0.3) is 0 Å². The fourth-order valence-electron chi connectivity index (χ4n) is 2.95. The molecule has 0 saturated carbocycles. The number of hydrogen-bond acceptors (Lipinski definition) is 3. The molecule has 1 unspecified atom stereocenters. The highest BCUT2D eigenvalue weighted by atomic mass is 79.9. The van der Waals surface area contributed by atoms with Gasteiger partial charge in [0, 0.05) is 53.8 Å². The quantitative estimate of drug-likeness (QED) is 0.878. The Balaban J connectivity index is 2.09. The zero-order valence-electron chi connectivity index (χ0n) is 13.1. The zero-order chi connectivity index (χ0) is 15.6. The van der Waals surface area contributed by atoms with Crippen molar-refractivity contribution in [3.05, 3.63) is 33.3 Å². The molecule has 21 heavy (non-hydrogen) atoms. The van der Waals surface area contributed by atoms with Crippen LogP contribution in [0.15, 0.2) is 22.7 Å². The molecule has 0 amide bonds. The molecule has 3 nitrogen and oxygen atoms in total. The molecule has 1 aromatic rings. The number of nitrogens with zero attached hydrogens (tertiary/aromatic N) is 2. The van der Waals surface area contributed by atoms with E-state index in [0.29, 0.717) is 6.54 Å². The summed E-state index contributed by atoms with van der Waals surface area (Å²) in [4.78, 5) is 4.98. The highest BCUT2D eigenvalue weighted by Crippen LogP contribution is 2.30. The lowest BCUT2D eigenvalue weighted by atomic mass is 10.0. The van der Waals surface area contributed by atoms with Crippen molar-refractivity contribution in [1.29, 1.82) is 0 Å². The minimum absolute atomic E-state index is 0.202. The summed E-state index contributed by atoms with van der Waals surface area (Å²) >= 11 is 9.86. The fourth-order valence-corrected chi connectivity index (χ4v) is 3.75. The first-order valence-electron chi connectivity index (χ1n) is 7.47. The van der Waals surface area contributed by atoms with E-state index >= 15 is 0 Å². The summed E-state index contributed by atoms with van der Waals surface area (Å²) in [6.07, 6.45) is 0. The molecular formula is C16H25BrClN3. The maximum absolute atomic E-state index is 6.40. The van der Waals surface area contributed by atoms with Crippen molar-refractivity contribution in [1.82, 2.24) is 9.80 Å². The van der Waals surface area contributed by atoms with E-state index < -0.39 is 0 Å². The lowest BCUT2D eigenvalue weighted by Gasteiger charge is -2.44. The molecule has 5 heteroatoms. The third-order valence-corrected chi connectivity index (χ3v) is 5.07. The van der Waals surface area contributed by atoms with Crippen molar-refractivity contribution >= 4 is 27.5 Å². The first-order valence-corrected chi connectivity index (χ1v) is 8.64. The van der Waals surface area contributed by atoms with Crippen molar-refractivity contribution in [3.8, 4) is 0 Å². The molecule has 1 heterocycles. The highest BCUT2D eigenvalue weighted by molar-refractivity contribution is 9.10. The number of rotatable bonds is 3. The molecule has 0 aromatic heterocycles. The molecule has 0 radical (unpaired) electrons. The average molecular weight is 375 g/mol. The Morgan fingerprint density at radius 2 is 1.86 bits per heavy atom. The lowest BCUT2D eigenvalue weighted by Crippen LogP contribution is -2.54. The molecule has 1 aromatic carbocycles. The van der Waals surface area contributed by atoms with Crippen LogP contribution in [0.1, 0.15) is 32.4 Å². The van der Waals surface area contributed by atoms with Gasteiger partial charge in [-0.3, -0.25) is 9.80 Å². The minimum atomic E-state index is 0.202. The monoisotopic (exact) mass is 373 g/mol. The molecule has 1 saturated heterocycles. The molecule has 1 fully saturated rings. The third kappa shape index (κ3) is 4.20. The van der Waals surface area contributed by atoms with Crippen molar-refractivity contribution in [3.63, 3.8) is 0 Å². The molecule has 2 N–H and O–H groups in total. The first-order chi connectivity index (χ1) is 9.82. The molecule has 0 spiro atoms. The third-order valence-electron chi connectivity index (χ3n) is 4.25. The summed E-state index contributed by atoms with van der Waals surface area (Å²) < 4.78 is 1.00. The summed E-state index contributed by atoms with van der Waals surface area (Å²) in [7, 11) is 0. The molecule has 0 aliphatic carbocycles. The predicted molar refractivity (Wildman–Crippen MR) is 93.8 cm³/mol. The summed E-state index contributed by atoms with van der Waals surface area (Å²) in [5, 5.41) is 0.790. The van der Waals surface area contributed by atoms with E-state index in [9.17, 15) is 0 Å². The maximum atomic E-state index is 6.40. The summed E-state index contributed by atoms with van der Waals surface area (Å²) in [6, 6.07) is 6.27. The van der Waals surface area contributed by atoms with Crippen molar-refractivity contribution < 1.29 is 0 Å². The van der Waals surface area contributed by atoms with Gasteiger partial charge in [-0.05, 0) is 38.5 Å². The van der Waals surface area contributed by atoms with E-state index in [1.54, 1.807) is 0 Å². The van der Waals surface area contributed by atoms with Gasteiger partial charge in [-0.2, -0.15) is 0 Å². The van der Waals surface area contributed by atoms with Gasteiger partial charge in [-0.15, -0.1) is 0 Å². The van der Waals surface area contributed by atoms with Crippen molar-refractivity contribution in [2.75, 3.05) is 32.7 Å². The Labute approximate surface area is 141 Å². The number of hydrogen-bond donors (Lipinski definition) is 1. The van der Waals surface area contributed by atoms with Gasteiger partial charge in [-0.1, -0.05) is 33.6 Å². The molecule has 1 aliphatic heterocycles. The largest absolute Gasteiger partial charge is 0.329 e. The second-order valence-electron chi connectivity index (χ2n) is 6.61. The molecule has 118 valence electrons. The molecular weight excluding hydrogens is 350 g/mol. The maximum Gasteiger partial charge on any atom is 0.0486 e. The normalized spacial score (nSPS) is 19.7. The van der Waals surface area contributed by atoms with Crippen LogP contribution < -0.4 is 5.73 Å². The Hall–Kier alpha value is -0.130. The zero-order valence-corrected chi connectivity index (χ0v) is 15.4. The Kier molecular flexibility index (Phi) is 5.71. The van der Waals surface area contributed by atoms with Crippen molar-refractivity contribution in [2.24, 2.45) is 5.73 Å². The molecule has 0 bridgehead atoms. The number of piperazine rings is 1. The smallest absolute Gasteiger partial charge is 0.0486 e. The fraction of sp³-hybridized carbons (Fsp3) is 0.625. The number of nitrogens with two attached hydrogens (primary N) is 1. The van der Waals surface area contributed by atoms with Crippen LogP contribution in [-0.4, -0.2) is 48.1 Å². The van der Waals surface area contributed by atoms with Gasteiger partial charge in [0.2, 0.25) is 0 Å².